The summed E-state index contributed by atoms with van der Waals surface area (Å²) in [6, 6.07) is 12.2. The van der Waals surface area contributed by atoms with E-state index in [4.69, 9.17) is 9.72 Å². The second-order valence-corrected chi connectivity index (χ2v) is 12.1. The summed E-state index contributed by atoms with van der Waals surface area (Å²) >= 11 is 0. The first kappa shape index (κ1) is 33.7. The van der Waals surface area contributed by atoms with Gasteiger partial charge < -0.3 is 14.7 Å². The van der Waals surface area contributed by atoms with Gasteiger partial charge in [0.2, 0.25) is 0 Å². The van der Waals surface area contributed by atoms with Gasteiger partial charge in [-0.15, -0.1) is 0 Å². The predicted molar refractivity (Wildman–Crippen MR) is 164 cm³/mol. The summed E-state index contributed by atoms with van der Waals surface area (Å²) in [5, 5.41) is 9.35. The molecule has 0 spiro atoms. The lowest BCUT2D eigenvalue weighted by molar-refractivity contribution is -0.143. The second kappa shape index (κ2) is 12.4. The number of hydrogen-bond acceptors (Lipinski definition) is 5. The molecule has 3 aromatic carbocycles. The van der Waals surface area contributed by atoms with Crippen LogP contribution >= 0.6 is 0 Å². The van der Waals surface area contributed by atoms with Gasteiger partial charge in [0.15, 0.2) is 0 Å². The number of alkyl halides is 6. The number of nitrogens with zero attached hydrogens (tertiary/aromatic N) is 3. The van der Waals surface area contributed by atoms with Gasteiger partial charge in [0.05, 0.1) is 35.0 Å². The number of hydrogen-bond donors (Lipinski definition) is 1. The smallest absolute Gasteiger partial charge is 0.416 e. The van der Waals surface area contributed by atoms with E-state index in [1.165, 1.54) is 36.1 Å². The molecule has 1 N–H and O–H groups in total. The lowest BCUT2D eigenvalue weighted by Gasteiger charge is -2.33. The van der Waals surface area contributed by atoms with E-state index in [-0.39, 0.29) is 18.2 Å². The molecule has 0 bridgehead atoms. The van der Waals surface area contributed by atoms with Crippen molar-refractivity contribution in [3.8, 4) is 22.3 Å². The molecule has 6 rings (SSSR count). The Hall–Kier alpha value is -5.14. The number of amides is 1. The lowest BCUT2D eigenvalue weighted by atomic mass is 9.94. The van der Waals surface area contributed by atoms with Crippen LogP contribution in [-0.4, -0.2) is 46.2 Å². The molecule has 2 aliphatic rings. The number of rotatable bonds is 7. The summed E-state index contributed by atoms with van der Waals surface area (Å²) in [5.41, 5.74) is -0.750. The Morgan fingerprint density at radius 1 is 0.898 bits per heavy atom. The zero-order chi connectivity index (χ0) is 35.4. The van der Waals surface area contributed by atoms with Crippen molar-refractivity contribution in [3.05, 3.63) is 106 Å². The van der Waals surface area contributed by atoms with Crippen molar-refractivity contribution in [2.24, 2.45) is 0 Å². The van der Waals surface area contributed by atoms with Crippen LogP contribution in [-0.2, 0) is 23.6 Å². The third-order valence-electron chi connectivity index (χ3n) is 8.78. The maximum atomic E-state index is 15.2. The fourth-order valence-corrected chi connectivity index (χ4v) is 6.08. The third-order valence-corrected chi connectivity index (χ3v) is 8.78. The van der Waals surface area contributed by atoms with Gasteiger partial charge in [-0.2, -0.15) is 26.3 Å². The molecule has 3 heterocycles. The van der Waals surface area contributed by atoms with Crippen molar-refractivity contribution in [2.75, 3.05) is 18.0 Å². The van der Waals surface area contributed by atoms with Crippen LogP contribution in [0.1, 0.15) is 57.8 Å². The van der Waals surface area contributed by atoms with Gasteiger partial charge in [0.1, 0.15) is 17.7 Å². The molecule has 256 valence electrons. The average Bonchev–Trinajstić information content (AvgIpc) is 3.27. The quantitative estimate of drug-likeness (QED) is 0.196. The van der Waals surface area contributed by atoms with E-state index in [0.717, 1.165) is 19.5 Å². The summed E-state index contributed by atoms with van der Waals surface area (Å²) in [5.74, 6) is -1.14. The number of aryl methyl sites for hydroxylation is 1. The average molecular weight is 688 g/mol. The highest BCUT2D eigenvalue weighted by Gasteiger charge is 2.43. The Balaban J connectivity index is 1.38. The SMILES string of the molecule is Cc1cc(C(=O)O)ccc1-c1cc(F)cc(-c2ccc(N3CCC3)nc2CN2C(=O)O[C@H](c3cc(C(F)(F)F)cc(C(F)(F)F)c3)[C@@H]2C)c1. The molecular formula is C35H28F7N3O4. The fraction of sp³-hybridized carbons (Fsp3) is 0.286. The molecule has 0 unspecified atom stereocenters. The van der Waals surface area contributed by atoms with Crippen LogP contribution in [0.5, 0.6) is 0 Å². The maximum absolute atomic E-state index is 15.2. The van der Waals surface area contributed by atoms with Crippen LogP contribution in [0.4, 0.5) is 41.3 Å². The molecule has 2 aliphatic heterocycles. The van der Waals surface area contributed by atoms with E-state index in [9.17, 15) is 41.0 Å². The van der Waals surface area contributed by atoms with Crippen LogP contribution in [0, 0.1) is 12.7 Å². The first-order chi connectivity index (χ1) is 23.0. The largest absolute Gasteiger partial charge is 0.478 e. The van der Waals surface area contributed by atoms with Gasteiger partial charge in [-0.3, -0.25) is 4.90 Å². The summed E-state index contributed by atoms with van der Waals surface area (Å²) < 4.78 is 102. The molecule has 1 aromatic heterocycles. The summed E-state index contributed by atoms with van der Waals surface area (Å²) in [6.07, 6.45) is -11.7. The topological polar surface area (TPSA) is 83.0 Å². The van der Waals surface area contributed by atoms with Crippen molar-refractivity contribution in [1.29, 1.82) is 0 Å². The van der Waals surface area contributed by atoms with E-state index in [0.29, 0.717) is 51.5 Å². The van der Waals surface area contributed by atoms with Gasteiger partial charge >= 0.3 is 24.4 Å². The lowest BCUT2D eigenvalue weighted by Crippen LogP contribution is -2.38. The zero-order valence-electron chi connectivity index (χ0n) is 26.0. The Bertz CT molecular complexity index is 1920. The second-order valence-electron chi connectivity index (χ2n) is 12.1. The molecule has 4 aromatic rings. The molecule has 2 saturated heterocycles. The molecular weight excluding hydrogens is 659 g/mol. The molecule has 2 fully saturated rings. The van der Waals surface area contributed by atoms with Crippen LogP contribution in [0.3, 0.4) is 0 Å². The van der Waals surface area contributed by atoms with Crippen LogP contribution in [0.2, 0.25) is 0 Å². The van der Waals surface area contributed by atoms with Gasteiger partial charge in [0.25, 0.3) is 0 Å². The molecule has 7 nitrogen and oxygen atoms in total. The number of carbonyl (C=O) groups is 2. The molecule has 49 heavy (non-hydrogen) atoms. The van der Waals surface area contributed by atoms with Crippen molar-refractivity contribution in [3.63, 3.8) is 0 Å². The predicted octanol–water partition coefficient (Wildman–Crippen LogP) is 8.89. The van der Waals surface area contributed by atoms with Crippen LogP contribution < -0.4 is 4.90 Å². The Morgan fingerprint density at radius 3 is 2.06 bits per heavy atom. The number of benzene rings is 3. The van der Waals surface area contributed by atoms with Gasteiger partial charge in [0, 0.05) is 18.7 Å². The normalized spacial score (nSPS) is 18.0. The summed E-state index contributed by atoms with van der Waals surface area (Å²) in [6.45, 7) is 4.34. The van der Waals surface area contributed by atoms with E-state index in [2.05, 4.69) is 0 Å². The highest BCUT2D eigenvalue weighted by molar-refractivity contribution is 5.89. The molecule has 14 heteroatoms. The summed E-state index contributed by atoms with van der Waals surface area (Å²) in [7, 11) is 0. The number of carboxylic acid groups (broad SMARTS) is 1. The highest BCUT2D eigenvalue weighted by atomic mass is 19.4. The number of pyridine rings is 1. The van der Waals surface area contributed by atoms with Crippen molar-refractivity contribution in [1.82, 2.24) is 9.88 Å². The van der Waals surface area contributed by atoms with E-state index in [1.807, 2.05) is 4.90 Å². The monoisotopic (exact) mass is 687 g/mol. The first-order valence-corrected chi connectivity index (χ1v) is 15.2. The minimum absolute atomic E-state index is 0.00937. The van der Waals surface area contributed by atoms with Crippen molar-refractivity contribution in [2.45, 2.75) is 51.3 Å². The molecule has 0 radical (unpaired) electrons. The first-order valence-electron chi connectivity index (χ1n) is 15.2. The highest BCUT2D eigenvalue weighted by Crippen LogP contribution is 2.42. The zero-order valence-corrected chi connectivity index (χ0v) is 26.0. The number of anilines is 1. The molecule has 0 saturated carbocycles. The van der Waals surface area contributed by atoms with Gasteiger partial charge in [-0.05, 0) is 109 Å². The number of carbonyl (C=O) groups excluding carboxylic acids is 1. The van der Waals surface area contributed by atoms with E-state index >= 15 is 4.39 Å². The van der Waals surface area contributed by atoms with Gasteiger partial charge in [-0.1, -0.05) is 6.07 Å². The maximum Gasteiger partial charge on any atom is 0.416 e. The molecule has 0 aliphatic carbocycles. The fourth-order valence-electron chi connectivity index (χ4n) is 6.08. The number of aromatic carboxylic acids is 1. The number of ether oxygens (including phenoxy) is 1. The standard InChI is InChI=1S/C35H28F7N3O4/c1-18-10-20(32(46)47)4-5-27(18)21-11-22(15-26(36)14-21)28-6-7-30(44-8-3-9-44)43-29(28)17-45-19(2)31(49-33(45)48)23-12-24(34(37,38)39)16-25(13-23)35(40,41)42/h4-7,10-16,19,31H,3,8-9,17H2,1-2H3,(H,46,47)/t19-,31-/m0/s1. The van der Waals surface area contributed by atoms with Crippen molar-refractivity contribution < 1.29 is 50.2 Å². The minimum atomic E-state index is -5.09. The summed E-state index contributed by atoms with van der Waals surface area (Å²) in [4.78, 5) is 32.5. The molecule has 2 atom stereocenters. The number of aromatic nitrogens is 1. The molecule has 1 amide bonds. The number of carboxylic acids is 1. The van der Waals surface area contributed by atoms with E-state index in [1.54, 1.807) is 31.2 Å². The minimum Gasteiger partial charge on any atom is -0.478 e. The van der Waals surface area contributed by atoms with Crippen molar-refractivity contribution >= 4 is 17.9 Å². The third kappa shape index (κ3) is 6.76. The number of cyclic esters (lactones) is 1. The van der Waals surface area contributed by atoms with Crippen LogP contribution in [0.15, 0.2) is 66.7 Å². The Labute approximate surface area is 275 Å². The van der Waals surface area contributed by atoms with Crippen LogP contribution in [0.25, 0.3) is 22.3 Å². The Kier molecular flexibility index (Phi) is 8.53. The van der Waals surface area contributed by atoms with Gasteiger partial charge in [-0.25, -0.2) is 19.0 Å². The Morgan fingerprint density at radius 2 is 1.51 bits per heavy atom. The number of halogens is 7. The van der Waals surface area contributed by atoms with E-state index < -0.39 is 59.1 Å².